The second kappa shape index (κ2) is 13.7. The van der Waals surface area contributed by atoms with E-state index < -0.39 is 5.66 Å². The van der Waals surface area contributed by atoms with Crippen molar-refractivity contribution in [1.82, 2.24) is 9.80 Å². The molecule has 36 heavy (non-hydrogen) atoms. The molecule has 2 aliphatic heterocycles. The number of nitrogens with two attached hydrogens (primary N) is 2. The van der Waals surface area contributed by atoms with E-state index in [0.29, 0.717) is 12.1 Å². The summed E-state index contributed by atoms with van der Waals surface area (Å²) in [5, 5.41) is 4.01. The predicted octanol–water partition coefficient (Wildman–Crippen LogP) is 4.91. The number of para-hydroxylation sites is 1. The van der Waals surface area contributed by atoms with Crippen LogP contribution < -0.4 is 16.8 Å². The molecule has 0 spiro atoms. The highest BCUT2D eigenvalue weighted by molar-refractivity contribution is 6.22. The molecule has 1 aromatic carbocycles. The molecule has 3 aliphatic rings. The van der Waals surface area contributed by atoms with Gasteiger partial charge in [0.1, 0.15) is 5.66 Å². The molecule has 1 saturated heterocycles. The van der Waals surface area contributed by atoms with Gasteiger partial charge in [0.05, 0.1) is 5.57 Å². The second-order valence-corrected chi connectivity index (χ2v) is 10.8. The summed E-state index contributed by atoms with van der Waals surface area (Å²) < 4.78 is 0. The van der Waals surface area contributed by atoms with Gasteiger partial charge in [0.2, 0.25) is 5.91 Å². The van der Waals surface area contributed by atoms with E-state index in [1.54, 1.807) is 0 Å². The van der Waals surface area contributed by atoms with Crippen LogP contribution in [0.15, 0.2) is 29.8 Å². The largest absolute Gasteiger partial charge is 0.366 e. The molecular weight excluding hydrogens is 517 g/mol. The van der Waals surface area contributed by atoms with Crippen molar-refractivity contribution in [2.24, 2.45) is 22.8 Å². The Labute approximate surface area is 236 Å². The second-order valence-electron chi connectivity index (χ2n) is 10.8. The number of nitrogens with zero attached hydrogens (tertiary/aromatic N) is 2. The van der Waals surface area contributed by atoms with Crippen molar-refractivity contribution >= 4 is 54.4 Å². The van der Waals surface area contributed by atoms with Gasteiger partial charge in [-0.05, 0) is 77.2 Å². The van der Waals surface area contributed by atoms with Crippen molar-refractivity contribution in [2.45, 2.75) is 64.0 Å². The Balaban J connectivity index is 0.00000216. The number of hydrogen-bond acceptors (Lipinski definition) is 5. The highest BCUT2D eigenvalue weighted by atomic mass is 35.5. The number of hydrogen-bond donors (Lipinski definition) is 3. The minimum Gasteiger partial charge on any atom is -0.366 e. The normalized spacial score (nSPS) is 24.0. The number of nitrogens with one attached hydrogen (secondary N) is 1. The van der Waals surface area contributed by atoms with Crippen LogP contribution in [-0.2, 0) is 4.79 Å². The van der Waals surface area contributed by atoms with Crippen molar-refractivity contribution < 1.29 is 4.79 Å². The van der Waals surface area contributed by atoms with Gasteiger partial charge in [0.15, 0.2) is 0 Å². The molecule has 2 heterocycles. The Morgan fingerprint density at radius 1 is 1.08 bits per heavy atom. The summed E-state index contributed by atoms with van der Waals surface area (Å²) in [7, 11) is 4.31. The molecule has 1 atom stereocenters. The molecule has 2 fully saturated rings. The monoisotopic (exact) mass is 561 g/mol. The molecule has 1 amide bonds. The maximum absolute atomic E-state index is 12.9. The molecule has 1 aliphatic carbocycles. The molecule has 1 aromatic rings. The van der Waals surface area contributed by atoms with Crippen LogP contribution in [-0.4, -0.2) is 61.6 Å². The lowest BCUT2D eigenvalue weighted by Crippen LogP contribution is -2.70. The van der Waals surface area contributed by atoms with Crippen LogP contribution >= 0.6 is 37.2 Å². The summed E-state index contributed by atoms with van der Waals surface area (Å²) >= 11 is 0. The number of carbonyl (C=O) groups excluding carboxylic acids is 1. The molecule has 1 unspecified atom stereocenters. The fourth-order valence-corrected chi connectivity index (χ4v) is 6.92. The predicted molar refractivity (Wildman–Crippen MR) is 158 cm³/mol. The number of fused-ring (bicyclic) bond motifs is 1. The zero-order valence-electron chi connectivity index (χ0n) is 22.1. The van der Waals surface area contributed by atoms with Gasteiger partial charge in [-0.1, -0.05) is 37.5 Å². The first-order valence-corrected chi connectivity index (χ1v) is 12.8. The Bertz CT molecular complexity index is 895. The van der Waals surface area contributed by atoms with Gasteiger partial charge in [-0.25, -0.2) is 0 Å². The fraction of sp³-hybridized carbons (Fsp3) is 0.667. The van der Waals surface area contributed by atoms with Crippen LogP contribution in [0.4, 0.5) is 5.69 Å². The van der Waals surface area contributed by atoms with Gasteiger partial charge >= 0.3 is 0 Å². The quantitative estimate of drug-likeness (QED) is 0.440. The zero-order chi connectivity index (χ0) is 23.6. The third kappa shape index (κ3) is 5.84. The minimum atomic E-state index is -0.479. The molecular formula is C27H46Cl3N5O. The number of piperidine rings is 1. The number of benzene rings is 1. The van der Waals surface area contributed by atoms with E-state index in [4.69, 9.17) is 11.5 Å². The maximum Gasteiger partial charge on any atom is 0.249 e. The third-order valence-corrected chi connectivity index (χ3v) is 8.72. The molecule has 4 rings (SSSR count). The van der Waals surface area contributed by atoms with Crippen LogP contribution in [0.5, 0.6) is 0 Å². The molecule has 0 aromatic heterocycles. The van der Waals surface area contributed by atoms with Crippen LogP contribution in [0, 0.1) is 11.3 Å². The standard InChI is InChI=1S/C27H43N5O.3ClH/c1-20-24(25(29)33)22-9-5-6-10-23(22)30-27(20,26(19-28)14-7-4-8-15-26)32-17-12-21(13-18-32)11-16-31(2)3;;;/h5-6,9-10,21,30H,4,7-8,11-19,28H2,1-3H3,(H2,29,33);3*1H. The summed E-state index contributed by atoms with van der Waals surface area (Å²) in [4.78, 5) is 17.8. The molecule has 5 N–H and O–H groups in total. The zero-order valence-corrected chi connectivity index (χ0v) is 24.5. The van der Waals surface area contributed by atoms with Crippen molar-refractivity contribution in [2.75, 3.05) is 45.6 Å². The highest BCUT2D eigenvalue weighted by Gasteiger charge is 2.58. The summed E-state index contributed by atoms with van der Waals surface area (Å²) in [6.07, 6.45) is 9.37. The topological polar surface area (TPSA) is 87.6 Å². The number of halogens is 3. The fourth-order valence-electron chi connectivity index (χ4n) is 6.92. The maximum atomic E-state index is 12.9. The van der Waals surface area contributed by atoms with E-state index >= 15 is 0 Å². The first-order valence-electron chi connectivity index (χ1n) is 12.8. The van der Waals surface area contributed by atoms with E-state index in [1.165, 1.54) is 38.5 Å². The number of carbonyl (C=O) groups is 1. The summed E-state index contributed by atoms with van der Waals surface area (Å²) in [5.74, 6) is 0.409. The molecule has 1 saturated carbocycles. The SMILES string of the molecule is CC1=C(C(N)=O)c2ccccc2NC1(N1CCC(CCN(C)C)CC1)C1(CN)CCCCC1.Cl.Cl.Cl. The average Bonchev–Trinajstić information content (AvgIpc) is 2.82. The number of likely N-dealkylation sites (tertiary alicyclic amines) is 1. The minimum absolute atomic E-state index is 0. The molecule has 206 valence electrons. The van der Waals surface area contributed by atoms with E-state index in [-0.39, 0.29) is 48.5 Å². The Morgan fingerprint density at radius 2 is 1.69 bits per heavy atom. The Hall–Kier alpha value is -1.02. The molecule has 9 heteroatoms. The highest BCUT2D eigenvalue weighted by Crippen LogP contribution is 2.55. The van der Waals surface area contributed by atoms with Crippen LogP contribution in [0.25, 0.3) is 5.57 Å². The van der Waals surface area contributed by atoms with Gasteiger partial charge in [0.25, 0.3) is 0 Å². The first-order chi connectivity index (χ1) is 15.8. The summed E-state index contributed by atoms with van der Waals surface area (Å²) in [6, 6.07) is 8.13. The number of primary amides is 1. The smallest absolute Gasteiger partial charge is 0.249 e. The van der Waals surface area contributed by atoms with Gasteiger partial charge in [-0.3, -0.25) is 9.69 Å². The number of rotatable bonds is 7. The van der Waals surface area contributed by atoms with Gasteiger partial charge in [-0.2, -0.15) is 0 Å². The van der Waals surface area contributed by atoms with Crippen LogP contribution in [0.3, 0.4) is 0 Å². The molecule has 6 nitrogen and oxygen atoms in total. The average molecular weight is 563 g/mol. The Morgan fingerprint density at radius 3 is 2.25 bits per heavy atom. The summed E-state index contributed by atoms with van der Waals surface area (Å²) in [6.45, 7) is 5.90. The lowest BCUT2D eigenvalue weighted by molar-refractivity contribution is -0.113. The van der Waals surface area contributed by atoms with Crippen LogP contribution in [0.1, 0.15) is 63.9 Å². The summed E-state index contributed by atoms with van der Waals surface area (Å²) in [5.41, 5.74) is 15.8. The lowest BCUT2D eigenvalue weighted by atomic mass is 9.60. The van der Waals surface area contributed by atoms with Crippen molar-refractivity contribution in [1.29, 1.82) is 0 Å². The van der Waals surface area contributed by atoms with Gasteiger partial charge < -0.3 is 21.7 Å². The van der Waals surface area contributed by atoms with Gasteiger partial charge in [-0.15, -0.1) is 37.2 Å². The molecule has 0 radical (unpaired) electrons. The first kappa shape index (κ1) is 33.0. The van der Waals surface area contributed by atoms with Gasteiger partial charge in [0, 0.05) is 36.3 Å². The van der Waals surface area contributed by atoms with Crippen molar-refractivity contribution in [3.8, 4) is 0 Å². The third-order valence-electron chi connectivity index (χ3n) is 8.72. The number of anilines is 1. The van der Waals surface area contributed by atoms with E-state index in [9.17, 15) is 4.79 Å². The van der Waals surface area contributed by atoms with Crippen molar-refractivity contribution in [3.05, 3.63) is 35.4 Å². The molecule has 0 bridgehead atoms. The number of amides is 1. The lowest BCUT2D eigenvalue weighted by Gasteiger charge is -2.61. The van der Waals surface area contributed by atoms with Crippen LogP contribution in [0.2, 0.25) is 0 Å². The van der Waals surface area contributed by atoms with E-state index in [1.807, 2.05) is 18.2 Å². The van der Waals surface area contributed by atoms with Crippen molar-refractivity contribution in [3.63, 3.8) is 0 Å². The Kier molecular flexibility index (Phi) is 12.5. The van der Waals surface area contributed by atoms with E-state index in [0.717, 1.165) is 55.2 Å². The van der Waals surface area contributed by atoms with E-state index in [2.05, 4.69) is 42.2 Å².